The molecule has 1 aliphatic rings. The van der Waals surface area contributed by atoms with E-state index in [1.165, 1.54) is 11.3 Å². The van der Waals surface area contributed by atoms with Gasteiger partial charge in [-0.1, -0.05) is 0 Å². The standard InChI is InChI=1S/C14H12F4N2S/c15-8-1-4-11(12(5-8)14(16,17)18)13-20-7-10(21-13)6-19-9-2-3-9/h1,4-5,7,9,19H,2-3,6H2. The Labute approximate surface area is 122 Å². The van der Waals surface area contributed by atoms with Crippen LogP contribution in [0, 0.1) is 5.82 Å². The molecule has 1 heterocycles. The minimum absolute atomic E-state index is 0.0772. The Kier molecular flexibility index (Phi) is 3.71. The Balaban J connectivity index is 1.88. The second-order valence-electron chi connectivity index (χ2n) is 4.97. The topological polar surface area (TPSA) is 24.9 Å². The Morgan fingerprint density at radius 2 is 2.05 bits per heavy atom. The van der Waals surface area contributed by atoms with Gasteiger partial charge in [-0.3, -0.25) is 0 Å². The molecule has 0 radical (unpaired) electrons. The minimum atomic E-state index is -4.60. The third kappa shape index (κ3) is 3.41. The summed E-state index contributed by atoms with van der Waals surface area (Å²) in [5.41, 5.74) is -1.06. The first-order valence-corrected chi connectivity index (χ1v) is 7.30. The summed E-state index contributed by atoms with van der Waals surface area (Å²) in [5, 5.41) is 3.54. The zero-order valence-electron chi connectivity index (χ0n) is 10.9. The molecule has 112 valence electrons. The molecular weight excluding hydrogens is 304 g/mol. The molecule has 21 heavy (non-hydrogen) atoms. The SMILES string of the molecule is Fc1ccc(-c2ncc(CNC3CC3)s2)c(C(F)(F)F)c1. The molecule has 0 unspecified atom stereocenters. The van der Waals surface area contributed by atoms with Gasteiger partial charge in [-0.25, -0.2) is 9.37 Å². The first kappa shape index (κ1) is 14.5. The Morgan fingerprint density at radius 3 is 2.71 bits per heavy atom. The highest BCUT2D eigenvalue weighted by atomic mass is 32.1. The number of hydrogen-bond donors (Lipinski definition) is 1. The van der Waals surface area contributed by atoms with Crippen molar-refractivity contribution in [1.82, 2.24) is 10.3 Å². The second kappa shape index (κ2) is 5.38. The fourth-order valence-electron chi connectivity index (χ4n) is 1.98. The van der Waals surface area contributed by atoms with Crippen LogP contribution in [0.5, 0.6) is 0 Å². The van der Waals surface area contributed by atoms with Gasteiger partial charge in [0.25, 0.3) is 0 Å². The summed E-state index contributed by atoms with van der Waals surface area (Å²) in [6.45, 7) is 0.602. The molecule has 1 saturated carbocycles. The fraction of sp³-hybridized carbons (Fsp3) is 0.357. The van der Waals surface area contributed by atoms with Crippen molar-refractivity contribution in [3.8, 4) is 10.6 Å². The van der Waals surface area contributed by atoms with E-state index in [0.717, 1.165) is 29.9 Å². The highest BCUT2D eigenvalue weighted by molar-refractivity contribution is 7.15. The van der Waals surface area contributed by atoms with Gasteiger partial charge in [-0.05, 0) is 31.0 Å². The molecule has 1 fully saturated rings. The first-order chi connectivity index (χ1) is 9.93. The lowest BCUT2D eigenvalue weighted by Gasteiger charge is -2.11. The molecule has 0 aliphatic heterocycles. The van der Waals surface area contributed by atoms with Gasteiger partial charge in [0.2, 0.25) is 0 Å². The largest absolute Gasteiger partial charge is 0.417 e. The number of hydrogen-bond acceptors (Lipinski definition) is 3. The van der Waals surface area contributed by atoms with E-state index in [2.05, 4.69) is 10.3 Å². The van der Waals surface area contributed by atoms with Crippen molar-refractivity contribution < 1.29 is 17.6 Å². The maximum absolute atomic E-state index is 13.1. The lowest BCUT2D eigenvalue weighted by atomic mass is 10.1. The van der Waals surface area contributed by atoms with Gasteiger partial charge >= 0.3 is 6.18 Å². The number of halogens is 4. The van der Waals surface area contributed by atoms with Crippen LogP contribution in [0.15, 0.2) is 24.4 Å². The average Bonchev–Trinajstić information content (AvgIpc) is 3.13. The summed E-state index contributed by atoms with van der Waals surface area (Å²) in [4.78, 5) is 4.91. The van der Waals surface area contributed by atoms with Crippen LogP contribution in [-0.4, -0.2) is 11.0 Å². The van der Waals surface area contributed by atoms with Gasteiger partial charge in [0, 0.05) is 29.2 Å². The zero-order valence-corrected chi connectivity index (χ0v) is 11.7. The van der Waals surface area contributed by atoms with Crippen LogP contribution in [0.2, 0.25) is 0 Å². The maximum atomic E-state index is 13.1. The van der Waals surface area contributed by atoms with E-state index < -0.39 is 17.6 Å². The number of rotatable bonds is 4. The van der Waals surface area contributed by atoms with Gasteiger partial charge in [0.05, 0.1) is 5.56 Å². The molecule has 7 heteroatoms. The summed E-state index contributed by atoms with van der Waals surface area (Å²) in [7, 11) is 0. The highest BCUT2D eigenvalue weighted by Crippen LogP contribution is 2.38. The van der Waals surface area contributed by atoms with Crippen molar-refractivity contribution in [2.24, 2.45) is 0 Å². The molecule has 0 amide bonds. The summed E-state index contributed by atoms with van der Waals surface area (Å²) < 4.78 is 52.0. The molecule has 2 aromatic rings. The van der Waals surface area contributed by atoms with Crippen molar-refractivity contribution in [3.05, 3.63) is 40.7 Å². The van der Waals surface area contributed by atoms with Crippen molar-refractivity contribution in [1.29, 1.82) is 0 Å². The van der Waals surface area contributed by atoms with Crippen molar-refractivity contribution in [2.45, 2.75) is 31.6 Å². The van der Waals surface area contributed by atoms with Crippen LogP contribution >= 0.6 is 11.3 Å². The molecule has 0 atom stereocenters. The molecule has 2 nitrogen and oxygen atoms in total. The van der Waals surface area contributed by atoms with Gasteiger partial charge in [0.15, 0.2) is 0 Å². The van der Waals surface area contributed by atoms with Gasteiger partial charge in [-0.15, -0.1) is 11.3 Å². The van der Waals surface area contributed by atoms with E-state index >= 15 is 0 Å². The van der Waals surface area contributed by atoms with E-state index in [4.69, 9.17) is 0 Å². The normalized spacial score (nSPS) is 15.4. The average molecular weight is 316 g/mol. The molecule has 0 saturated heterocycles. The van der Waals surface area contributed by atoms with E-state index in [-0.39, 0.29) is 10.6 Å². The van der Waals surface area contributed by atoms with E-state index in [0.29, 0.717) is 18.7 Å². The summed E-state index contributed by atoms with van der Waals surface area (Å²) in [6.07, 6.45) is -0.752. The molecule has 0 bridgehead atoms. The predicted octanol–water partition coefficient (Wildman–Crippen LogP) is 4.22. The van der Waals surface area contributed by atoms with Crippen LogP contribution in [0.1, 0.15) is 23.3 Å². The van der Waals surface area contributed by atoms with Crippen LogP contribution in [0.25, 0.3) is 10.6 Å². The molecule has 1 N–H and O–H groups in total. The zero-order chi connectivity index (χ0) is 15.0. The molecule has 1 aliphatic carbocycles. The molecule has 1 aromatic carbocycles. The van der Waals surface area contributed by atoms with E-state index in [9.17, 15) is 17.6 Å². The summed E-state index contributed by atoms with van der Waals surface area (Å²) >= 11 is 1.20. The minimum Gasteiger partial charge on any atom is -0.309 e. The third-order valence-electron chi connectivity index (χ3n) is 3.21. The van der Waals surface area contributed by atoms with Crippen LogP contribution < -0.4 is 5.32 Å². The van der Waals surface area contributed by atoms with E-state index in [1.807, 2.05) is 0 Å². The Hall–Kier alpha value is -1.47. The van der Waals surface area contributed by atoms with Gasteiger partial charge in [-0.2, -0.15) is 13.2 Å². The van der Waals surface area contributed by atoms with Crippen molar-refractivity contribution in [2.75, 3.05) is 0 Å². The van der Waals surface area contributed by atoms with Crippen molar-refractivity contribution in [3.63, 3.8) is 0 Å². The molecule has 3 rings (SSSR count). The lowest BCUT2D eigenvalue weighted by Crippen LogP contribution is -2.14. The smallest absolute Gasteiger partial charge is 0.309 e. The number of alkyl halides is 3. The van der Waals surface area contributed by atoms with Crippen LogP contribution in [-0.2, 0) is 12.7 Å². The van der Waals surface area contributed by atoms with Crippen molar-refractivity contribution >= 4 is 11.3 Å². The second-order valence-corrected chi connectivity index (χ2v) is 6.09. The van der Waals surface area contributed by atoms with E-state index in [1.54, 1.807) is 6.20 Å². The number of aromatic nitrogens is 1. The maximum Gasteiger partial charge on any atom is 0.417 e. The Bertz CT molecular complexity index is 647. The summed E-state index contributed by atoms with van der Waals surface area (Å²) in [5.74, 6) is -0.904. The quantitative estimate of drug-likeness (QED) is 0.854. The molecular formula is C14H12F4N2S. The molecule has 1 aromatic heterocycles. The van der Waals surface area contributed by atoms with Gasteiger partial charge in [0.1, 0.15) is 10.8 Å². The number of thiazole rings is 1. The van der Waals surface area contributed by atoms with Crippen LogP contribution in [0.3, 0.4) is 0 Å². The van der Waals surface area contributed by atoms with Gasteiger partial charge < -0.3 is 5.32 Å². The number of nitrogens with zero attached hydrogens (tertiary/aromatic N) is 1. The monoisotopic (exact) mass is 316 g/mol. The third-order valence-corrected chi connectivity index (χ3v) is 4.24. The van der Waals surface area contributed by atoms with Crippen LogP contribution in [0.4, 0.5) is 17.6 Å². The molecule has 0 spiro atoms. The first-order valence-electron chi connectivity index (χ1n) is 6.48. The summed E-state index contributed by atoms with van der Waals surface area (Å²) in [6, 6.07) is 3.19. The lowest BCUT2D eigenvalue weighted by molar-refractivity contribution is -0.137. The fourth-order valence-corrected chi connectivity index (χ4v) is 2.89. The number of nitrogens with one attached hydrogen (secondary N) is 1. The number of benzene rings is 1. The predicted molar refractivity (Wildman–Crippen MR) is 72.4 cm³/mol. The highest BCUT2D eigenvalue weighted by Gasteiger charge is 2.35. The Morgan fingerprint density at radius 1 is 1.29 bits per heavy atom.